The second-order valence-corrected chi connectivity index (χ2v) is 5.64. The molecule has 0 aromatic carbocycles. The molecule has 1 N–H and O–H groups in total. The van der Waals surface area contributed by atoms with Crippen molar-refractivity contribution in [3.63, 3.8) is 0 Å². The largest absolute Gasteiger partial charge is 0.465 e. The van der Waals surface area contributed by atoms with Crippen LogP contribution in [0, 0.1) is 0 Å². The maximum Gasteiger partial charge on any atom is 0.407 e. The van der Waals surface area contributed by atoms with Crippen LogP contribution in [-0.4, -0.2) is 83.5 Å². The van der Waals surface area contributed by atoms with Crippen molar-refractivity contribution in [2.75, 3.05) is 45.8 Å². The van der Waals surface area contributed by atoms with E-state index < -0.39 is 12.0 Å². The zero-order valence-corrected chi connectivity index (χ0v) is 11.9. The average molecular weight is 305 g/mol. The topological polar surface area (TPSA) is 64.1 Å². The van der Waals surface area contributed by atoms with Crippen LogP contribution in [0.15, 0.2) is 0 Å². The van der Waals surface area contributed by atoms with E-state index in [0.29, 0.717) is 32.6 Å². The molecule has 2 aliphatic rings. The standard InChI is InChI=1S/C13H21F2N3O3/c14-13(15)2-6-16(7-3-13)10-11(19)17-4-1-5-18(9-8-17)12(20)21/h1-10H2,(H,20,21). The number of hydrogen-bond acceptors (Lipinski definition) is 3. The molecule has 0 radical (unpaired) electrons. The number of halogens is 2. The molecule has 0 aliphatic carbocycles. The number of alkyl halides is 2. The lowest BCUT2D eigenvalue weighted by molar-refractivity contribution is -0.134. The average Bonchev–Trinajstić information content (AvgIpc) is 2.67. The van der Waals surface area contributed by atoms with Crippen molar-refractivity contribution in [1.82, 2.24) is 14.7 Å². The first kappa shape index (κ1) is 15.9. The van der Waals surface area contributed by atoms with Gasteiger partial charge in [0, 0.05) is 52.1 Å². The van der Waals surface area contributed by atoms with Crippen LogP contribution in [0.25, 0.3) is 0 Å². The Kier molecular flexibility index (Phi) is 4.97. The number of nitrogens with zero attached hydrogens (tertiary/aromatic N) is 3. The zero-order chi connectivity index (χ0) is 15.5. The lowest BCUT2D eigenvalue weighted by Gasteiger charge is -2.32. The highest BCUT2D eigenvalue weighted by Gasteiger charge is 2.35. The fraction of sp³-hybridized carbons (Fsp3) is 0.846. The van der Waals surface area contributed by atoms with E-state index in [4.69, 9.17) is 5.11 Å². The Morgan fingerprint density at radius 1 is 0.952 bits per heavy atom. The molecule has 0 unspecified atom stereocenters. The fourth-order valence-electron chi connectivity index (χ4n) is 2.69. The second-order valence-electron chi connectivity index (χ2n) is 5.64. The highest BCUT2D eigenvalue weighted by Crippen LogP contribution is 2.27. The van der Waals surface area contributed by atoms with Gasteiger partial charge in [-0.3, -0.25) is 9.69 Å². The molecule has 120 valence electrons. The third-order valence-electron chi connectivity index (χ3n) is 4.07. The Hall–Kier alpha value is -1.44. The summed E-state index contributed by atoms with van der Waals surface area (Å²) in [5, 5.41) is 8.94. The Morgan fingerprint density at radius 3 is 2.14 bits per heavy atom. The van der Waals surface area contributed by atoms with Crippen molar-refractivity contribution in [2.24, 2.45) is 0 Å². The fourth-order valence-corrected chi connectivity index (χ4v) is 2.69. The van der Waals surface area contributed by atoms with E-state index in [1.165, 1.54) is 4.90 Å². The van der Waals surface area contributed by atoms with Gasteiger partial charge in [-0.05, 0) is 6.42 Å². The molecular weight excluding hydrogens is 284 g/mol. The molecule has 21 heavy (non-hydrogen) atoms. The van der Waals surface area contributed by atoms with Crippen LogP contribution in [0.5, 0.6) is 0 Å². The summed E-state index contributed by atoms with van der Waals surface area (Å²) in [7, 11) is 0. The third-order valence-corrected chi connectivity index (χ3v) is 4.07. The number of likely N-dealkylation sites (tertiary alicyclic amines) is 1. The molecule has 2 aliphatic heterocycles. The first-order valence-corrected chi connectivity index (χ1v) is 7.23. The van der Waals surface area contributed by atoms with Crippen LogP contribution in [0.1, 0.15) is 19.3 Å². The number of carbonyl (C=O) groups excluding carboxylic acids is 1. The lowest BCUT2D eigenvalue weighted by Crippen LogP contribution is -2.46. The molecule has 0 spiro atoms. The van der Waals surface area contributed by atoms with E-state index >= 15 is 0 Å². The maximum atomic E-state index is 13.1. The van der Waals surface area contributed by atoms with Gasteiger partial charge in [-0.15, -0.1) is 0 Å². The van der Waals surface area contributed by atoms with Gasteiger partial charge >= 0.3 is 6.09 Å². The van der Waals surface area contributed by atoms with E-state index in [1.54, 1.807) is 9.80 Å². The summed E-state index contributed by atoms with van der Waals surface area (Å²) in [5.41, 5.74) is 0. The van der Waals surface area contributed by atoms with Crippen molar-refractivity contribution in [3.8, 4) is 0 Å². The highest BCUT2D eigenvalue weighted by molar-refractivity contribution is 5.78. The van der Waals surface area contributed by atoms with Gasteiger partial charge in [0.25, 0.3) is 5.92 Å². The molecule has 0 atom stereocenters. The van der Waals surface area contributed by atoms with Crippen molar-refractivity contribution in [1.29, 1.82) is 0 Å². The van der Waals surface area contributed by atoms with Gasteiger partial charge in [0.05, 0.1) is 6.54 Å². The van der Waals surface area contributed by atoms with E-state index in [9.17, 15) is 18.4 Å². The van der Waals surface area contributed by atoms with Gasteiger partial charge in [-0.25, -0.2) is 13.6 Å². The molecule has 2 heterocycles. The van der Waals surface area contributed by atoms with E-state index in [-0.39, 0.29) is 38.4 Å². The Labute approximate surface area is 122 Å². The second kappa shape index (κ2) is 6.55. The molecule has 0 bridgehead atoms. The molecule has 2 fully saturated rings. The van der Waals surface area contributed by atoms with Gasteiger partial charge in [-0.2, -0.15) is 0 Å². The molecule has 0 saturated carbocycles. The van der Waals surface area contributed by atoms with E-state index in [1.807, 2.05) is 0 Å². The number of carbonyl (C=O) groups is 2. The Balaban J connectivity index is 1.79. The minimum Gasteiger partial charge on any atom is -0.465 e. The molecule has 0 aromatic heterocycles. The van der Waals surface area contributed by atoms with Gasteiger partial charge in [-0.1, -0.05) is 0 Å². The van der Waals surface area contributed by atoms with Gasteiger partial charge in [0.15, 0.2) is 0 Å². The van der Waals surface area contributed by atoms with Crippen LogP contribution in [0.4, 0.5) is 13.6 Å². The van der Waals surface area contributed by atoms with E-state index in [0.717, 1.165) is 0 Å². The van der Waals surface area contributed by atoms with Crippen molar-refractivity contribution < 1.29 is 23.5 Å². The third kappa shape index (κ3) is 4.52. The SMILES string of the molecule is O=C(O)N1CCCN(C(=O)CN2CCC(F)(F)CC2)CC1. The van der Waals surface area contributed by atoms with E-state index in [2.05, 4.69) is 0 Å². The van der Waals surface area contributed by atoms with Crippen molar-refractivity contribution >= 4 is 12.0 Å². The summed E-state index contributed by atoms with van der Waals surface area (Å²) in [5.74, 6) is -2.71. The highest BCUT2D eigenvalue weighted by atomic mass is 19.3. The first-order chi connectivity index (χ1) is 9.87. The molecule has 8 heteroatoms. The number of piperidine rings is 1. The summed E-state index contributed by atoms with van der Waals surface area (Å²) < 4.78 is 26.1. The summed E-state index contributed by atoms with van der Waals surface area (Å²) in [6, 6.07) is 0. The molecule has 6 nitrogen and oxygen atoms in total. The Morgan fingerprint density at radius 2 is 1.52 bits per heavy atom. The summed E-state index contributed by atoms with van der Waals surface area (Å²) in [6.07, 6.45) is -0.765. The van der Waals surface area contributed by atoms with Crippen molar-refractivity contribution in [2.45, 2.75) is 25.2 Å². The van der Waals surface area contributed by atoms with Gasteiger partial charge < -0.3 is 14.9 Å². The smallest absolute Gasteiger partial charge is 0.407 e. The normalized spacial score (nSPS) is 23.7. The number of carboxylic acid groups (broad SMARTS) is 1. The number of rotatable bonds is 2. The van der Waals surface area contributed by atoms with Crippen LogP contribution in [0.2, 0.25) is 0 Å². The van der Waals surface area contributed by atoms with Crippen LogP contribution in [0.3, 0.4) is 0 Å². The first-order valence-electron chi connectivity index (χ1n) is 7.23. The molecular formula is C13H21F2N3O3. The summed E-state index contributed by atoms with van der Waals surface area (Å²) >= 11 is 0. The van der Waals surface area contributed by atoms with Crippen LogP contribution >= 0.6 is 0 Å². The molecule has 2 rings (SSSR count). The van der Waals surface area contributed by atoms with Crippen LogP contribution < -0.4 is 0 Å². The molecule has 2 amide bonds. The number of amides is 2. The number of hydrogen-bond donors (Lipinski definition) is 1. The monoisotopic (exact) mass is 305 g/mol. The zero-order valence-electron chi connectivity index (χ0n) is 11.9. The lowest BCUT2D eigenvalue weighted by atomic mass is 10.1. The quantitative estimate of drug-likeness (QED) is 0.824. The predicted octanol–water partition coefficient (Wildman–Crippen LogP) is 0.930. The maximum absolute atomic E-state index is 13.1. The predicted molar refractivity (Wildman–Crippen MR) is 71.4 cm³/mol. The van der Waals surface area contributed by atoms with Gasteiger partial charge in [0.1, 0.15) is 0 Å². The summed E-state index contributed by atoms with van der Waals surface area (Å²) in [4.78, 5) is 27.8. The molecule has 2 saturated heterocycles. The van der Waals surface area contributed by atoms with Crippen molar-refractivity contribution in [3.05, 3.63) is 0 Å². The minimum absolute atomic E-state index is 0.104. The van der Waals surface area contributed by atoms with Gasteiger partial charge in [0.2, 0.25) is 5.91 Å². The minimum atomic E-state index is -2.61. The molecule has 0 aromatic rings. The van der Waals surface area contributed by atoms with Crippen LogP contribution in [-0.2, 0) is 4.79 Å². The Bertz CT molecular complexity index is 396. The summed E-state index contributed by atoms with van der Waals surface area (Å²) in [6.45, 7) is 2.22.